The maximum absolute atomic E-state index is 11.7. The van der Waals surface area contributed by atoms with Gasteiger partial charge in [0.1, 0.15) is 0 Å². The standard InChI is InChI=1S/C19H25N3O/c1-14(2)21-19(23)13-16(20)12-15-8-10-18(11-9-15)22-17-6-4-3-5-7-17/h3-11,14,16,22H,12-13,20H2,1-2H3,(H,21,23). The van der Waals surface area contributed by atoms with E-state index in [1.807, 2.05) is 68.4 Å². The predicted octanol–water partition coefficient (Wildman–Crippen LogP) is 3.21. The molecule has 0 aliphatic carbocycles. The Kier molecular flexibility index (Phi) is 6.18. The van der Waals surface area contributed by atoms with E-state index in [1.54, 1.807) is 0 Å². The van der Waals surface area contributed by atoms with Crippen LogP contribution in [0.15, 0.2) is 54.6 Å². The number of hydrogen-bond acceptors (Lipinski definition) is 3. The quantitative estimate of drug-likeness (QED) is 0.735. The largest absolute Gasteiger partial charge is 0.356 e. The van der Waals surface area contributed by atoms with Gasteiger partial charge >= 0.3 is 0 Å². The molecule has 2 aromatic rings. The van der Waals surface area contributed by atoms with Gasteiger partial charge in [-0.25, -0.2) is 0 Å². The van der Waals surface area contributed by atoms with Gasteiger partial charge in [-0.2, -0.15) is 0 Å². The van der Waals surface area contributed by atoms with Gasteiger partial charge in [0.2, 0.25) is 5.91 Å². The van der Waals surface area contributed by atoms with Crippen molar-refractivity contribution < 1.29 is 4.79 Å². The van der Waals surface area contributed by atoms with Gasteiger partial charge in [-0.3, -0.25) is 4.79 Å². The summed E-state index contributed by atoms with van der Waals surface area (Å²) in [4.78, 5) is 11.7. The molecule has 122 valence electrons. The molecule has 2 aromatic carbocycles. The highest BCUT2D eigenvalue weighted by molar-refractivity contribution is 5.76. The van der Waals surface area contributed by atoms with Crippen LogP contribution in [0, 0.1) is 0 Å². The van der Waals surface area contributed by atoms with Gasteiger partial charge in [-0.05, 0) is 50.1 Å². The number of anilines is 2. The first-order chi connectivity index (χ1) is 11.0. The lowest BCUT2D eigenvalue weighted by Gasteiger charge is -2.14. The lowest BCUT2D eigenvalue weighted by atomic mass is 10.0. The molecule has 0 aromatic heterocycles. The molecule has 4 nitrogen and oxygen atoms in total. The van der Waals surface area contributed by atoms with E-state index in [0.29, 0.717) is 12.8 Å². The van der Waals surface area contributed by atoms with Crippen LogP contribution in [0.25, 0.3) is 0 Å². The molecule has 2 rings (SSSR count). The predicted molar refractivity (Wildman–Crippen MR) is 95.7 cm³/mol. The van der Waals surface area contributed by atoms with Crippen molar-refractivity contribution in [1.82, 2.24) is 5.32 Å². The van der Waals surface area contributed by atoms with Gasteiger partial charge in [0.15, 0.2) is 0 Å². The van der Waals surface area contributed by atoms with Crippen LogP contribution in [-0.4, -0.2) is 18.0 Å². The fraction of sp³-hybridized carbons (Fsp3) is 0.316. The third-order valence-corrected chi connectivity index (χ3v) is 3.41. The number of nitrogens with two attached hydrogens (primary N) is 1. The van der Waals surface area contributed by atoms with Crippen LogP contribution >= 0.6 is 0 Å². The van der Waals surface area contributed by atoms with Gasteiger partial charge in [-0.15, -0.1) is 0 Å². The summed E-state index contributed by atoms with van der Waals surface area (Å²) in [5.74, 6) is 0.00913. The molecule has 0 aliphatic rings. The molecule has 0 saturated heterocycles. The third-order valence-electron chi connectivity index (χ3n) is 3.41. The summed E-state index contributed by atoms with van der Waals surface area (Å²) in [5.41, 5.74) is 9.29. The van der Waals surface area contributed by atoms with Gasteiger partial charge in [0.25, 0.3) is 0 Å². The molecule has 4 heteroatoms. The molecule has 0 radical (unpaired) electrons. The summed E-state index contributed by atoms with van der Waals surface area (Å²) in [6.45, 7) is 3.89. The maximum Gasteiger partial charge on any atom is 0.221 e. The van der Waals surface area contributed by atoms with Crippen molar-refractivity contribution in [2.45, 2.75) is 38.8 Å². The van der Waals surface area contributed by atoms with Crippen LogP contribution in [-0.2, 0) is 11.2 Å². The Hall–Kier alpha value is -2.33. The minimum Gasteiger partial charge on any atom is -0.356 e. The third kappa shape index (κ3) is 6.12. The Balaban J connectivity index is 1.86. The number of benzene rings is 2. The normalized spacial score (nSPS) is 12.0. The van der Waals surface area contributed by atoms with Crippen molar-refractivity contribution >= 4 is 17.3 Å². The topological polar surface area (TPSA) is 67.2 Å². The zero-order valence-electron chi connectivity index (χ0n) is 13.8. The Morgan fingerprint density at radius 3 is 2.22 bits per heavy atom. The molecule has 1 amide bonds. The van der Waals surface area contributed by atoms with E-state index in [9.17, 15) is 4.79 Å². The molecule has 0 heterocycles. The van der Waals surface area contributed by atoms with Gasteiger partial charge in [0, 0.05) is 29.9 Å². The average molecular weight is 311 g/mol. The minimum atomic E-state index is -0.165. The van der Waals surface area contributed by atoms with Crippen molar-refractivity contribution in [2.24, 2.45) is 5.73 Å². The first kappa shape index (κ1) is 17.0. The highest BCUT2D eigenvalue weighted by atomic mass is 16.1. The van der Waals surface area contributed by atoms with E-state index in [2.05, 4.69) is 10.6 Å². The second kappa shape index (κ2) is 8.34. The number of carbonyl (C=O) groups is 1. The van der Waals surface area contributed by atoms with Crippen molar-refractivity contribution in [1.29, 1.82) is 0 Å². The van der Waals surface area contributed by atoms with E-state index in [4.69, 9.17) is 5.73 Å². The highest BCUT2D eigenvalue weighted by Crippen LogP contribution is 2.17. The van der Waals surface area contributed by atoms with Crippen molar-refractivity contribution in [3.63, 3.8) is 0 Å². The molecule has 23 heavy (non-hydrogen) atoms. The summed E-state index contributed by atoms with van der Waals surface area (Å²) in [7, 11) is 0. The van der Waals surface area contributed by atoms with E-state index in [-0.39, 0.29) is 18.0 Å². The second-order valence-electron chi connectivity index (χ2n) is 6.08. The maximum atomic E-state index is 11.7. The molecular formula is C19H25N3O. The monoisotopic (exact) mass is 311 g/mol. The Bertz CT molecular complexity index is 608. The van der Waals surface area contributed by atoms with Crippen LogP contribution in [0.3, 0.4) is 0 Å². The minimum absolute atomic E-state index is 0.00913. The fourth-order valence-electron chi connectivity index (χ4n) is 2.41. The van der Waals surface area contributed by atoms with E-state index < -0.39 is 0 Å². The van der Waals surface area contributed by atoms with Crippen molar-refractivity contribution in [2.75, 3.05) is 5.32 Å². The summed E-state index contributed by atoms with van der Waals surface area (Å²) < 4.78 is 0. The van der Waals surface area contributed by atoms with Crippen LogP contribution < -0.4 is 16.4 Å². The Morgan fingerprint density at radius 1 is 1.00 bits per heavy atom. The zero-order valence-corrected chi connectivity index (χ0v) is 13.8. The number of nitrogens with one attached hydrogen (secondary N) is 2. The SMILES string of the molecule is CC(C)NC(=O)CC(N)Cc1ccc(Nc2ccccc2)cc1. The Morgan fingerprint density at radius 2 is 1.61 bits per heavy atom. The molecule has 0 aliphatic heterocycles. The summed E-state index contributed by atoms with van der Waals surface area (Å²) in [6.07, 6.45) is 1.04. The lowest BCUT2D eigenvalue weighted by Crippen LogP contribution is -2.36. The van der Waals surface area contributed by atoms with Crippen LogP contribution in [0.5, 0.6) is 0 Å². The van der Waals surface area contributed by atoms with Gasteiger partial charge in [0.05, 0.1) is 0 Å². The first-order valence-electron chi connectivity index (χ1n) is 7.99. The molecule has 0 fully saturated rings. The number of hydrogen-bond donors (Lipinski definition) is 3. The first-order valence-corrected chi connectivity index (χ1v) is 7.99. The van der Waals surface area contributed by atoms with Crippen molar-refractivity contribution in [3.05, 3.63) is 60.2 Å². The van der Waals surface area contributed by atoms with Crippen LogP contribution in [0.1, 0.15) is 25.8 Å². The number of para-hydroxylation sites is 1. The molecule has 1 atom stereocenters. The zero-order chi connectivity index (χ0) is 16.7. The molecule has 4 N–H and O–H groups in total. The van der Waals surface area contributed by atoms with Gasteiger partial charge < -0.3 is 16.4 Å². The van der Waals surface area contributed by atoms with E-state index in [0.717, 1.165) is 16.9 Å². The fourth-order valence-corrected chi connectivity index (χ4v) is 2.41. The van der Waals surface area contributed by atoms with Crippen molar-refractivity contribution in [3.8, 4) is 0 Å². The summed E-state index contributed by atoms with van der Waals surface area (Å²) in [6, 6.07) is 18.2. The average Bonchev–Trinajstić information content (AvgIpc) is 2.49. The smallest absolute Gasteiger partial charge is 0.221 e. The Labute approximate surface area is 138 Å². The lowest BCUT2D eigenvalue weighted by molar-refractivity contribution is -0.121. The second-order valence-corrected chi connectivity index (χ2v) is 6.08. The summed E-state index contributed by atoms with van der Waals surface area (Å²) >= 11 is 0. The number of amides is 1. The molecular weight excluding hydrogens is 286 g/mol. The molecule has 0 spiro atoms. The molecule has 0 bridgehead atoms. The molecule has 0 saturated carbocycles. The highest BCUT2D eigenvalue weighted by Gasteiger charge is 2.11. The van der Waals surface area contributed by atoms with E-state index in [1.165, 1.54) is 0 Å². The molecule has 1 unspecified atom stereocenters. The van der Waals surface area contributed by atoms with Gasteiger partial charge in [-0.1, -0.05) is 30.3 Å². The van der Waals surface area contributed by atoms with E-state index >= 15 is 0 Å². The number of carbonyl (C=O) groups excluding carboxylic acids is 1. The number of rotatable bonds is 7. The van der Waals surface area contributed by atoms with Crippen LogP contribution in [0.4, 0.5) is 11.4 Å². The summed E-state index contributed by atoms with van der Waals surface area (Å²) in [5, 5.41) is 6.21. The van der Waals surface area contributed by atoms with Crippen LogP contribution in [0.2, 0.25) is 0 Å².